The summed E-state index contributed by atoms with van der Waals surface area (Å²) in [6.07, 6.45) is 3.27. The molecular weight excluding hydrogens is 154 g/mol. The molecule has 3 nitrogen and oxygen atoms in total. The van der Waals surface area contributed by atoms with Crippen LogP contribution in [0.3, 0.4) is 0 Å². The molecular formula is C9H15NO2. The first kappa shape index (κ1) is 10.9. The fraction of sp³-hybridized carbons (Fsp3) is 0.556. The predicted molar refractivity (Wildman–Crippen MR) is 49.4 cm³/mol. The van der Waals surface area contributed by atoms with Crippen molar-refractivity contribution in [2.24, 2.45) is 4.99 Å². The first-order valence-corrected chi connectivity index (χ1v) is 3.86. The summed E-state index contributed by atoms with van der Waals surface area (Å²) in [6, 6.07) is 0.256. The minimum atomic E-state index is -0.315. The van der Waals surface area contributed by atoms with Gasteiger partial charge in [-0.1, -0.05) is 0 Å². The molecule has 0 heterocycles. The van der Waals surface area contributed by atoms with E-state index in [9.17, 15) is 4.79 Å². The SMILES string of the molecule is COC(=O)/C(C)=C/C=N\C(C)C. The van der Waals surface area contributed by atoms with Crippen molar-refractivity contribution < 1.29 is 9.53 Å². The van der Waals surface area contributed by atoms with Gasteiger partial charge < -0.3 is 4.74 Å². The summed E-state index contributed by atoms with van der Waals surface area (Å²) >= 11 is 0. The smallest absolute Gasteiger partial charge is 0.333 e. The Hall–Kier alpha value is -1.12. The number of methoxy groups -OCH3 is 1. The summed E-state index contributed by atoms with van der Waals surface area (Å²) in [5.74, 6) is -0.315. The van der Waals surface area contributed by atoms with Crippen molar-refractivity contribution in [2.75, 3.05) is 7.11 Å². The van der Waals surface area contributed by atoms with Crippen molar-refractivity contribution in [3.8, 4) is 0 Å². The molecule has 0 atom stereocenters. The van der Waals surface area contributed by atoms with Crippen LogP contribution in [0.1, 0.15) is 20.8 Å². The molecule has 0 bridgehead atoms. The Balaban J connectivity index is 4.09. The number of allylic oxidation sites excluding steroid dienone is 1. The molecule has 0 N–H and O–H groups in total. The molecule has 0 spiro atoms. The van der Waals surface area contributed by atoms with Gasteiger partial charge >= 0.3 is 5.97 Å². The van der Waals surface area contributed by atoms with Crippen LogP contribution >= 0.6 is 0 Å². The molecule has 68 valence electrons. The van der Waals surface area contributed by atoms with Crippen molar-refractivity contribution in [2.45, 2.75) is 26.8 Å². The second-order valence-corrected chi connectivity index (χ2v) is 2.73. The maximum atomic E-state index is 10.8. The number of ether oxygens (including phenoxy) is 1. The number of aliphatic imine (C=N–C) groups is 1. The highest BCUT2D eigenvalue weighted by molar-refractivity contribution is 5.92. The van der Waals surface area contributed by atoms with Gasteiger partial charge in [-0.3, -0.25) is 4.99 Å². The normalized spacial score (nSPS) is 12.6. The maximum absolute atomic E-state index is 10.8. The molecule has 0 rings (SSSR count). The molecule has 0 aromatic rings. The largest absolute Gasteiger partial charge is 0.466 e. The predicted octanol–water partition coefficient (Wildman–Crippen LogP) is 1.58. The third-order valence-corrected chi connectivity index (χ3v) is 1.22. The van der Waals surface area contributed by atoms with E-state index in [0.29, 0.717) is 5.57 Å². The van der Waals surface area contributed by atoms with Crippen LogP contribution < -0.4 is 0 Å². The molecule has 0 saturated heterocycles. The zero-order chi connectivity index (χ0) is 9.56. The van der Waals surface area contributed by atoms with Gasteiger partial charge in [0.15, 0.2) is 0 Å². The van der Waals surface area contributed by atoms with Gasteiger partial charge in [0, 0.05) is 17.8 Å². The van der Waals surface area contributed by atoms with Crippen LogP contribution in [0.25, 0.3) is 0 Å². The van der Waals surface area contributed by atoms with Gasteiger partial charge in [-0.2, -0.15) is 0 Å². The monoisotopic (exact) mass is 169 g/mol. The van der Waals surface area contributed by atoms with Gasteiger partial charge in [-0.05, 0) is 26.8 Å². The second-order valence-electron chi connectivity index (χ2n) is 2.73. The molecule has 0 aromatic carbocycles. The fourth-order valence-corrected chi connectivity index (χ4v) is 0.556. The van der Waals surface area contributed by atoms with Crippen LogP contribution in [0.5, 0.6) is 0 Å². The number of nitrogens with zero attached hydrogens (tertiary/aromatic N) is 1. The highest BCUT2D eigenvalue weighted by Crippen LogP contribution is 1.93. The zero-order valence-corrected chi connectivity index (χ0v) is 8.00. The van der Waals surface area contributed by atoms with Gasteiger partial charge in [-0.15, -0.1) is 0 Å². The molecule has 0 saturated carbocycles. The number of rotatable bonds is 3. The molecule has 0 unspecified atom stereocenters. The quantitative estimate of drug-likeness (QED) is 0.365. The average molecular weight is 169 g/mol. The van der Waals surface area contributed by atoms with E-state index in [1.807, 2.05) is 13.8 Å². The van der Waals surface area contributed by atoms with E-state index in [-0.39, 0.29) is 12.0 Å². The molecule has 0 aliphatic heterocycles. The molecule has 0 aromatic heterocycles. The second kappa shape index (κ2) is 5.52. The Kier molecular flexibility index (Phi) is 5.00. The Morgan fingerprint density at radius 3 is 2.50 bits per heavy atom. The van der Waals surface area contributed by atoms with Crippen LogP contribution in [-0.4, -0.2) is 25.3 Å². The average Bonchev–Trinajstić information content (AvgIpc) is 2.02. The Bertz CT molecular complexity index is 205. The maximum Gasteiger partial charge on any atom is 0.333 e. The van der Waals surface area contributed by atoms with Crippen molar-refractivity contribution >= 4 is 12.2 Å². The molecule has 0 fully saturated rings. The lowest BCUT2D eigenvalue weighted by Gasteiger charge is -1.96. The van der Waals surface area contributed by atoms with Crippen LogP contribution in [0.4, 0.5) is 0 Å². The van der Waals surface area contributed by atoms with Crippen molar-refractivity contribution in [1.82, 2.24) is 0 Å². The topological polar surface area (TPSA) is 38.7 Å². The Labute approximate surface area is 73.1 Å². The molecule has 0 aliphatic carbocycles. The number of hydrogen-bond acceptors (Lipinski definition) is 3. The Morgan fingerprint density at radius 2 is 2.08 bits per heavy atom. The summed E-state index contributed by atoms with van der Waals surface area (Å²) in [5.41, 5.74) is 0.557. The summed E-state index contributed by atoms with van der Waals surface area (Å²) in [7, 11) is 1.36. The third kappa shape index (κ3) is 4.66. The fourth-order valence-electron chi connectivity index (χ4n) is 0.556. The van der Waals surface area contributed by atoms with Crippen LogP contribution in [0, 0.1) is 0 Å². The van der Waals surface area contributed by atoms with E-state index in [4.69, 9.17) is 0 Å². The summed E-state index contributed by atoms with van der Waals surface area (Å²) in [6.45, 7) is 5.63. The molecule has 0 radical (unpaired) electrons. The van der Waals surface area contributed by atoms with E-state index in [2.05, 4.69) is 9.73 Å². The van der Waals surface area contributed by atoms with E-state index >= 15 is 0 Å². The van der Waals surface area contributed by atoms with Crippen LogP contribution in [0.15, 0.2) is 16.6 Å². The third-order valence-electron chi connectivity index (χ3n) is 1.22. The van der Waals surface area contributed by atoms with E-state index in [0.717, 1.165) is 0 Å². The highest BCUT2D eigenvalue weighted by Gasteiger charge is 1.99. The zero-order valence-electron chi connectivity index (χ0n) is 8.00. The lowest BCUT2D eigenvalue weighted by atomic mass is 10.3. The number of carbonyl (C=O) groups is 1. The number of hydrogen-bond donors (Lipinski definition) is 0. The van der Waals surface area contributed by atoms with Gasteiger partial charge in [0.25, 0.3) is 0 Å². The summed E-state index contributed by atoms with van der Waals surface area (Å²) < 4.78 is 4.50. The van der Waals surface area contributed by atoms with Gasteiger partial charge in [0.05, 0.1) is 7.11 Å². The number of esters is 1. The first-order valence-electron chi connectivity index (χ1n) is 3.86. The van der Waals surface area contributed by atoms with E-state index in [1.165, 1.54) is 7.11 Å². The van der Waals surface area contributed by atoms with Crippen molar-refractivity contribution in [3.63, 3.8) is 0 Å². The Morgan fingerprint density at radius 1 is 1.50 bits per heavy atom. The van der Waals surface area contributed by atoms with Gasteiger partial charge in [-0.25, -0.2) is 4.79 Å². The molecule has 3 heteroatoms. The summed E-state index contributed by atoms with van der Waals surface area (Å²) in [4.78, 5) is 14.9. The minimum absolute atomic E-state index is 0.256. The van der Waals surface area contributed by atoms with Crippen molar-refractivity contribution in [1.29, 1.82) is 0 Å². The number of carbonyl (C=O) groups excluding carboxylic acids is 1. The standard InChI is InChI=1S/C9H15NO2/c1-7(2)10-6-5-8(3)9(11)12-4/h5-7H,1-4H3/b8-5+,10-6-. The highest BCUT2D eigenvalue weighted by atomic mass is 16.5. The molecule has 12 heavy (non-hydrogen) atoms. The van der Waals surface area contributed by atoms with Crippen molar-refractivity contribution in [3.05, 3.63) is 11.6 Å². The molecule has 0 aliphatic rings. The molecule has 0 amide bonds. The van der Waals surface area contributed by atoms with Gasteiger partial charge in [0.2, 0.25) is 0 Å². The van der Waals surface area contributed by atoms with E-state index in [1.54, 1.807) is 19.2 Å². The van der Waals surface area contributed by atoms with Gasteiger partial charge in [0.1, 0.15) is 0 Å². The lowest BCUT2D eigenvalue weighted by Crippen LogP contribution is -2.01. The minimum Gasteiger partial charge on any atom is -0.466 e. The first-order chi connectivity index (χ1) is 5.57. The summed E-state index contributed by atoms with van der Waals surface area (Å²) in [5, 5.41) is 0. The lowest BCUT2D eigenvalue weighted by molar-refractivity contribution is -0.136. The van der Waals surface area contributed by atoms with Crippen LogP contribution in [-0.2, 0) is 9.53 Å². The van der Waals surface area contributed by atoms with Crippen LogP contribution in [0.2, 0.25) is 0 Å². The van der Waals surface area contributed by atoms with E-state index < -0.39 is 0 Å².